The van der Waals surface area contributed by atoms with E-state index in [0.29, 0.717) is 0 Å². The Morgan fingerprint density at radius 2 is 1.88 bits per heavy atom. The third-order valence-corrected chi connectivity index (χ3v) is 3.80. The Labute approximate surface area is 108 Å². The Hall–Kier alpha value is -0.0800. The van der Waals surface area contributed by atoms with Gasteiger partial charge >= 0.3 is 0 Å². The van der Waals surface area contributed by atoms with Crippen LogP contribution in [0.3, 0.4) is 0 Å². The number of hydrogen-bond acceptors (Lipinski definition) is 2. The summed E-state index contributed by atoms with van der Waals surface area (Å²) in [7, 11) is 0. The van der Waals surface area contributed by atoms with Crippen LogP contribution >= 0.6 is 0 Å². The van der Waals surface area contributed by atoms with E-state index >= 15 is 0 Å². The number of nitrogens with one attached hydrogen (secondary N) is 1. The number of ether oxygens (including phenoxy) is 1. The fourth-order valence-electron chi connectivity index (χ4n) is 2.75. The van der Waals surface area contributed by atoms with E-state index < -0.39 is 0 Å². The molecule has 2 nitrogen and oxygen atoms in total. The monoisotopic (exact) mass is 241 g/mol. The molecule has 1 fully saturated rings. The molecule has 0 amide bonds. The zero-order valence-corrected chi connectivity index (χ0v) is 12.2. The van der Waals surface area contributed by atoms with Crippen LogP contribution in [0.15, 0.2) is 0 Å². The smallest absolute Gasteiger partial charge is 0.0469 e. The molecule has 0 bridgehead atoms. The summed E-state index contributed by atoms with van der Waals surface area (Å²) in [5.41, 5.74) is 0.239. The van der Waals surface area contributed by atoms with Crippen LogP contribution in [-0.2, 0) is 4.74 Å². The van der Waals surface area contributed by atoms with Crippen molar-refractivity contribution in [2.24, 2.45) is 11.8 Å². The Kier molecular flexibility index (Phi) is 6.50. The van der Waals surface area contributed by atoms with E-state index in [2.05, 4.69) is 33.0 Å². The van der Waals surface area contributed by atoms with Gasteiger partial charge in [0.1, 0.15) is 0 Å². The lowest BCUT2D eigenvalue weighted by Gasteiger charge is -2.29. The summed E-state index contributed by atoms with van der Waals surface area (Å²) in [6, 6.07) is 0. The molecular formula is C15H31NO. The van der Waals surface area contributed by atoms with E-state index in [-0.39, 0.29) is 5.54 Å². The largest absolute Gasteiger partial charge is 0.382 e. The fourth-order valence-corrected chi connectivity index (χ4v) is 2.75. The fraction of sp³-hybridized carbons (Fsp3) is 1.00. The predicted octanol–water partition coefficient (Wildman–Crippen LogP) is 3.61. The summed E-state index contributed by atoms with van der Waals surface area (Å²) in [4.78, 5) is 0. The molecule has 0 aromatic heterocycles. The normalized spacial score (nSPS) is 19.8. The molecule has 1 aliphatic rings. The summed E-state index contributed by atoms with van der Waals surface area (Å²) in [5.74, 6) is 1.74. The van der Waals surface area contributed by atoms with Crippen LogP contribution in [0.1, 0.15) is 59.8 Å². The van der Waals surface area contributed by atoms with Crippen molar-refractivity contribution in [3.05, 3.63) is 0 Å². The highest BCUT2D eigenvalue weighted by Crippen LogP contribution is 2.33. The molecule has 102 valence electrons. The van der Waals surface area contributed by atoms with Crippen molar-refractivity contribution in [3.63, 3.8) is 0 Å². The van der Waals surface area contributed by atoms with Crippen molar-refractivity contribution in [2.45, 2.75) is 65.3 Å². The van der Waals surface area contributed by atoms with Crippen LogP contribution in [-0.4, -0.2) is 25.3 Å². The first kappa shape index (κ1) is 15.0. The van der Waals surface area contributed by atoms with Gasteiger partial charge in [0, 0.05) is 18.8 Å². The minimum atomic E-state index is 0.239. The van der Waals surface area contributed by atoms with Crippen LogP contribution in [0.25, 0.3) is 0 Å². The van der Waals surface area contributed by atoms with E-state index in [1.54, 1.807) is 0 Å². The highest BCUT2D eigenvalue weighted by Gasteiger charge is 2.25. The standard InChI is InChI=1S/C15H31NO/c1-5-17-11-10-14(12-16-15(2,3)4)13-8-6-7-9-13/h13-14,16H,5-12H2,1-4H3. The molecule has 0 aromatic carbocycles. The maximum atomic E-state index is 5.53. The highest BCUT2D eigenvalue weighted by atomic mass is 16.5. The average Bonchev–Trinajstić information content (AvgIpc) is 2.75. The van der Waals surface area contributed by atoms with Gasteiger partial charge in [0.25, 0.3) is 0 Å². The molecule has 1 N–H and O–H groups in total. The van der Waals surface area contributed by atoms with Crippen LogP contribution in [0.5, 0.6) is 0 Å². The lowest BCUT2D eigenvalue weighted by Crippen LogP contribution is -2.40. The Morgan fingerprint density at radius 3 is 2.41 bits per heavy atom. The minimum Gasteiger partial charge on any atom is -0.382 e. The molecular weight excluding hydrogens is 210 g/mol. The first-order chi connectivity index (χ1) is 8.03. The molecule has 0 heterocycles. The van der Waals surface area contributed by atoms with Gasteiger partial charge in [-0.25, -0.2) is 0 Å². The molecule has 0 aromatic rings. The van der Waals surface area contributed by atoms with Crippen LogP contribution in [0.2, 0.25) is 0 Å². The zero-order valence-electron chi connectivity index (χ0n) is 12.2. The molecule has 0 aliphatic heterocycles. The van der Waals surface area contributed by atoms with Crippen LogP contribution < -0.4 is 5.32 Å². The lowest BCUT2D eigenvalue weighted by molar-refractivity contribution is 0.118. The van der Waals surface area contributed by atoms with Gasteiger partial charge in [0.15, 0.2) is 0 Å². The summed E-state index contributed by atoms with van der Waals surface area (Å²) in [6.45, 7) is 11.8. The van der Waals surface area contributed by atoms with Crippen LogP contribution in [0.4, 0.5) is 0 Å². The third kappa shape index (κ3) is 6.42. The van der Waals surface area contributed by atoms with Gasteiger partial charge in [0.05, 0.1) is 0 Å². The molecule has 1 saturated carbocycles. The molecule has 0 radical (unpaired) electrons. The zero-order chi connectivity index (χ0) is 12.7. The minimum absolute atomic E-state index is 0.239. The molecule has 17 heavy (non-hydrogen) atoms. The van der Waals surface area contributed by atoms with E-state index in [1.165, 1.54) is 32.1 Å². The SMILES string of the molecule is CCOCCC(CNC(C)(C)C)C1CCCC1. The topological polar surface area (TPSA) is 21.3 Å². The molecule has 1 rings (SSSR count). The third-order valence-electron chi connectivity index (χ3n) is 3.80. The number of hydrogen-bond donors (Lipinski definition) is 1. The van der Waals surface area contributed by atoms with E-state index in [4.69, 9.17) is 4.74 Å². The molecule has 0 saturated heterocycles. The summed E-state index contributed by atoms with van der Waals surface area (Å²) in [6.07, 6.45) is 6.96. The van der Waals surface area contributed by atoms with Crippen molar-refractivity contribution in [1.82, 2.24) is 5.32 Å². The maximum absolute atomic E-state index is 5.53. The molecule has 2 heteroatoms. The van der Waals surface area contributed by atoms with Crippen molar-refractivity contribution < 1.29 is 4.74 Å². The van der Waals surface area contributed by atoms with Gasteiger partial charge in [-0.3, -0.25) is 0 Å². The van der Waals surface area contributed by atoms with Crippen LogP contribution in [0, 0.1) is 11.8 Å². The van der Waals surface area contributed by atoms with Gasteiger partial charge in [0.2, 0.25) is 0 Å². The van der Waals surface area contributed by atoms with E-state index in [1.807, 2.05) is 0 Å². The van der Waals surface area contributed by atoms with Gasteiger partial charge < -0.3 is 10.1 Å². The van der Waals surface area contributed by atoms with E-state index in [0.717, 1.165) is 31.6 Å². The summed E-state index contributed by atoms with van der Waals surface area (Å²) < 4.78 is 5.53. The molecule has 1 unspecified atom stereocenters. The van der Waals surface area contributed by atoms with Crippen molar-refractivity contribution in [2.75, 3.05) is 19.8 Å². The first-order valence-electron chi connectivity index (χ1n) is 7.35. The second-order valence-corrected chi connectivity index (χ2v) is 6.42. The van der Waals surface area contributed by atoms with Crippen molar-refractivity contribution >= 4 is 0 Å². The Morgan fingerprint density at radius 1 is 1.24 bits per heavy atom. The van der Waals surface area contributed by atoms with Gasteiger partial charge in [-0.1, -0.05) is 25.7 Å². The van der Waals surface area contributed by atoms with Gasteiger partial charge in [-0.2, -0.15) is 0 Å². The Balaban J connectivity index is 2.35. The van der Waals surface area contributed by atoms with Gasteiger partial charge in [-0.05, 0) is 52.5 Å². The maximum Gasteiger partial charge on any atom is 0.0469 e. The Bertz CT molecular complexity index is 192. The summed E-state index contributed by atoms with van der Waals surface area (Å²) >= 11 is 0. The quantitative estimate of drug-likeness (QED) is 0.688. The molecule has 0 spiro atoms. The molecule has 1 aliphatic carbocycles. The highest BCUT2D eigenvalue weighted by molar-refractivity contribution is 4.80. The number of rotatable bonds is 7. The molecule has 1 atom stereocenters. The lowest BCUT2D eigenvalue weighted by atomic mass is 9.87. The summed E-state index contributed by atoms with van der Waals surface area (Å²) in [5, 5.41) is 3.67. The second kappa shape index (κ2) is 7.38. The predicted molar refractivity (Wildman–Crippen MR) is 74.3 cm³/mol. The van der Waals surface area contributed by atoms with E-state index in [9.17, 15) is 0 Å². The van der Waals surface area contributed by atoms with Crippen molar-refractivity contribution in [3.8, 4) is 0 Å². The van der Waals surface area contributed by atoms with Crippen molar-refractivity contribution in [1.29, 1.82) is 0 Å². The second-order valence-electron chi connectivity index (χ2n) is 6.42. The first-order valence-corrected chi connectivity index (χ1v) is 7.35. The average molecular weight is 241 g/mol. The van der Waals surface area contributed by atoms with Gasteiger partial charge in [-0.15, -0.1) is 0 Å².